The van der Waals surface area contributed by atoms with Gasteiger partial charge in [-0.05, 0) is 66.7 Å². The molecule has 0 saturated heterocycles. The van der Waals surface area contributed by atoms with Gasteiger partial charge in [0.05, 0.1) is 11.1 Å². The van der Waals surface area contributed by atoms with Gasteiger partial charge in [-0.3, -0.25) is 0 Å². The maximum Gasteiger partial charge on any atom is 0.435 e. The van der Waals surface area contributed by atoms with Crippen molar-refractivity contribution >= 4 is 39.2 Å². The number of benzene rings is 1. The normalized spacial score (nSPS) is 12.3. The van der Waals surface area contributed by atoms with E-state index in [0.717, 1.165) is 20.7 Å². The Labute approximate surface area is 204 Å². The van der Waals surface area contributed by atoms with Gasteiger partial charge in [-0.15, -0.1) is 0 Å². The van der Waals surface area contributed by atoms with Crippen LogP contribution in [-0.4, -0.2) is 45.7 Å². The highest BCUT2D eigenvalue weighted by Gasteiger charge is 2.29. The van der Waals surface area contributed by atoms with E-state index in [-0.39, 0.29) is 21.9 Å². The summed E-state index contributed by atoms with van der Waals surface area (Å²) in [6.45, 7) is 11.9. The molecule has 1 N–H and O–H groups in total. The van der Waals surface area contributed by atoms with Crippen molar-refractivity contribution in [2.45, 2.75) is 64.6 Å². The number of carbonyl (C=O) groups excluding carboxylic acids is 2. The minimum atomic E-state index is -3.93. The van der Waals surface area contributed by atoms with Crippen molar-refractivity contribution in [3.63, 3.8) is 0 Å². The van der Waals surface area contributed by atoms with E-state index in [9.17, 15) is 18.0 Å². The SMILES string of the molecule is Cc1ccc(S(=O)(=O)n2ccc3nc(N(NC(=O)OC(C)(C)C)C(=O)OC(C)(C)C)cnc32)cc1. The molecule has 3 rings (SSSR count). The standard InChI is InChI=1S/C23H29N5O6S/c1-15-8-10-16(11-9-15)35(31,32)27-13-12-17-19(27)24-14-18(25-17)28(21(30)34-23(5,6)7)26-20(29)33-22(2,3)4/h8-14H,1-7H3,(H,26,29). The van der Waals surface area contributed by atoms with Crippen molar-refractivity contribution in [1.82, 2.24) is 19.4 Å². The van der Waals surface area contributed by atoms with Crippen LogP contribution in [-0.2, 0) is 19.5 Å². The molecule has 0 saturated carbocycles. The fourth-order valence-electron chi connectivity index (χ4n) is 2.90. The fourth-order valence-corrected chi connectivity index (χ4v) is 4.20. The van der Waals surface area contributed by atoms with E-state index < -0.39 is 33.4 Å². The number of aryl methyl sites for hydroxylation is 1. The number of fused-ring (bicyclic) bond motifs is 1. The van der Waals surface area contributed by atoms with Gasteiger partial charge in [0.15, 0.2) is 11.5 Å². The van der Waals surface area contributed by atoms with Crippen LogP contribution in [0.1, 0.15) is 47.1 Å². The molecule has 2 amide bonds. The number of aromatic nitrogens is 3. The van der Waals surface area contributed by atoms with E-state index >= 15 is 0 Å². The number of hydrogen-bond donors (Lipinski definition) is 1. The highest BCUT2D eigenvalue weighted by molar-refractivity contribution is 7.90. The summed E-state index contributed by atoms with van der Waals surface area (Å²) >= 11 is 0. The smallest absolute Gasteiger partial charge is 0.435 e. The van der Waals surface area contributed by atoms with Crippen LogP contribution in [0.15, 0.2) is 47.6 Å². The van der Waals surface area contributed by atoms with Crippen LogP contribution in [0.3, 0.4) is 0 Å². The van der Waals surface area contributed by atoms with Crippen LogP contribution in [0, 0.1) is 6.92 Å². The lowest BCUT2D eigenvalue weighted by Crippen LogP contribution is -2.50. The first kappa shape index (κ1) is 25.9. The molecule has 12 heteroatoms. The van der Waals surface area contributed by atoms with Gasteiger partial charge in [0.25, 0.3) is 10.0 Å². The second-order valence-electron chi connectivity index (χ2n) is 9.80. The quantitative estimate of drug-likeness (QED) is 0.527. The predicted octanol–water partition coefficient (Wildman–Crippen LogP) is 4.16. The Morgan fingerprint density at radius 2 is 1.57 bits per heavy atom. The lowest BCUT2D eigenvalue weighted by molar-refractivity contribution is 0.0424. The van der Waals surface area contributed by atoms with Crippen molar-refractivity contribution in [2.75, 3.05) is 5.01 Å². The summed E-state index contributed by atoms with van der Waals surface area (Å²) in [6, 6.07) is 7.85. The van der Waals surface area contributed by atoms with Gasteiger partial charge in [-0.2, -0.15) is 5.01 Å². The van der Waals surface area contributed by atoms with Crippen LogP contribution in [0.2, 0.25) is 0 Å². The Morgan fingerprint density at radius 3 is 2.14 bits per heavy atom. The van der Waals surface area contributed by atoms with E-state index in [2.05, 4.69) is 15.4 Å². The molecule has 35 heavy (non-hydrogen) atoms. The number of carbonyl (C=O) groups is 2. The molecule has 2 heterocycles. The molecule has 2 aromatic heterocycles. The molecular weight excluding hydrogens is 474 g/mol. The first-order chi connectivity index (χ1) is 16.1. The highest BCUT2D eigenvalue weighted by atomic mass is 32.2. The Hall–Kier alpha value is -3.67. The van der Waals surface area contributed by atoms with Crippen molar-refractivity contribution in [2.24, 2.45) is 0 Å². The van der Waals surface area contributed by atoms with Gasteiger partial charge >= 0.3 is 12.2 Å². The van der Waals surface area contributed by atoms with Crippen molar-refractivity contribution in [3.8, 4) is 0 Å². The minimum Gasteiger partial charge on any atom is -0.443 e. The molecule has 1 aromatic carbocycles. The summed E-state index contributed by atoms with van der Waals surface area (Å²) in [4.78, 5) is 33.8. The van der Waals surface area contributed by atoms with Gasteiger partial charge in [0.2, 0.25) is 0 Å². The summed E-state index contributed by atoms with van der Waals surface area (Å²) in [5.41, 5.74) is 1.78. The van der Waals surface area contributed by atoms with E-state index in [0.29, 0.717) is 0 Å². The number of nitrogens with one attached hydrogen (secondary N) is 1. The third kappa shape index (κ3) is 6.27. The number of rotatable bonds is 3. The molecule has 188 valence electrons. The zero-order valence-corrected chi connectivity index (χ0v) is 21.5. The zero-order valence-electron chi connectivity index (χ0n) is 20.7. The van der Waals surface area contributed by atoms with Crippen molar-refractivity contribution in [3.05, 3.63) is 48.3 Å². The number of nitrogens with zero attached hydrogens (tertiary/aromatic N) is 4. The predicted molar refractivity (Wildman–Crippen MR) is 129 cm³/mol. The zero-order chi connectivity index (χ0) is 26.2. The first-order valence-electron chi connectivity index (χ1n) is 10.8. The molecule has 0 unspecified atom stereocenters. The van der Waals surface area contributed by atoms with Gasteiger partial charge in [0, 0.05) is 6.20 Å². The average molecular weight is 504 g/mol. The first-order valence-corrected chi connectivity index (χ1v) is 12.2. The Balaban J connectivity index is 2.00. The Kier molecular flexibility index (Phi) is 6.80. The van der Waals surface area contributed by atoms with E-state index in [4.69, 9.17) is 9.47 Å². The summed E-state index contributed by atoms with van der Waals surface area (Å²) in [6.07, 6.45) is 0.640. The number of ether oxygens (including phenoxy) is 2. The largest absolute Gasteiger partial charge is 0.443 e. The summed E-state index contributed by atoms with van der Waals surface area (Å²) in [5, 5.41) is 0.761. The minimum absolute atomic E-state index is 0.0516. The molecule has 0 aliphatic heterocycles. The second kappa shape index (κ2) is 9.17. The molecule has 0 atom stereocenters. The van der Waals surface area contributed by atoms with Crippen LogP contribution >= 0.6 is 0 Å². The third-order valence-corrected chi connectivity index (χ3v) is 6.01. The maximum atomic E-state index is 13.1. The molecule has 0 aliphatic rings. The molecule has 0 spiro atoms. The second-order valence-corrected chi connectivity index (χ2v) is 11.6. The molecule has 11 nitrogen and oxygen atoms in total. The Morgan fingerprint density at radius 1 is 0.971 bits per heavy atom. The summed E-state index contributed by atoms with van der Waals surface area (Å²) in [7, 11) is -3.93. The Bertz CT molecular complexity index is 1350. The van der Waals surface area contributed by atoms with Crippen molar-refractivity contribution < 1.29 is 27.5 Å². The van der Waals surface area contributed by atoms with E-state index in [1.807, 2.05) is 6.92 Å². The van der Waals surface area contributed by atoms with Crippen LogP contribution in [0.4, 0.5) is 15.4 Å². The number of amides is 2. The maximum absolute atomic E-state index is 13.1. The number of hydrazine groups is 1. The molecule has 0 bridgehead atoms. The highest BCUT2D eigenvalue weighted by Crippen LogP contribution is 2.23. The topological polar surface area (TPSA) is 133 Å². The molecule has 0 radical (unpaired) electrons. The van der Waals surface area contributed by atoms with E-state index in [1.165, 1.54) is 24.4 Å². The molecule has 0 fully saturated rings. The van der Waals surface area contributed by atoms with Gasteiger partial charge in [0.1, 0.15) is 16.7 Å². The lowest BCUT2D eigenvalue weighted by Gasteiger charge is -2.28. The van der Waals surface area contributed by atoms with Crippen LogP contribution in [0.5, 0.6) is 0 Å². The third-order valence-electron chi connectivity index (χ3n) is 4.33. The number of anilines is 1. The van der Waals surface area contributed by atoms with E-state index in [1.54, 1.807) is 53.7 Å². The fraction of sp³-hybridized carbons (Fsp3) is 0.391. The molecule has 0 aliphatic carbocycles. The number of hydrogen-bond acceptors (Lipinski definition) is 8. The molecular formula is C23H29N5O6S. The van der Waals surface area contributed by atoms with Gasteiger partial charge in [-0.25, -0.2) is 37.4 Å². The molecule has 3 aromatic rings. The average Bonchev–Trinajstić information content (AvgIpc) is 3.13. The summed E-state index contributed by atoms with van der Waals surface area (Å²) < 4.78 is 37.8. The van der Waals surface area contributed by atoms with Crippen LogP contribution in [0.25, 0.3) is 11.2 Å². The lowest BCUT2D eigenvalue weighted by atomic mass is 10.2. The van der Waals surface area contributed by atoms with Crippen LogP contribution < -0.4 is 10.4 Å². The van der Waals surface area contributed by atoms with Gasteiger partial charge in [-0.1, -0.05) is 17.7 Å². The van der Waals surface area contributed by atoms with Crippen molar-refractivity contribution in [1.29, 1.82) is 0 Å². The monoisotopic (exact) mass is 503 g/mol. The van der Waals surface area contributed by atoms with Gasteiger partial charge < -0.3 is 9.47 Å². The summed E-state index contributed by atoms with van der Waals surface area (Å²) in [5.74, 6) is -0.0944.